The number of hydrazine groups is 1. The van der Waals surface area contributed by atoms with E-state index in [0.29, 0.717) is 17.7 Å². The van der Waals surface area contributed by atoms with Gasteiger partial charge in [0.1, 0.15) is 5.75 Å². The Kier molecular flexibility index (Phi) is 6.44. The van der Waals surface area contributed by atoms with E-state index in [1.807, 2.05) is 49.4 Å². The Hall–Kier alpha value is -3.13. The van der Waals surface area contributed by atoms with E-state index in [4.69, 9.17) is 4.74 Å². The van der Waals surface area contributed by atoms with Crippen LogP contribution in [0.3, 0.4) is 0 Å². The predicted octanol–water partition coefficient (Wildman–Crippen LogP) is 3.04. The lowest BCUT2D eigenvalue weighted by molar-refractivity contribution is -0.123. The summed E-state index contributed by atoms with van der Waals surface area (Å²) in [6.45, 7) is 1.73. The van der Waals surface area contributed by atoms with Crippen LogP contribution in [0.1, 0.15) is 23.0 Å². The summed E-state index contributed by atoms with van der Waals surface area (Å²) < 4.78 is 8.00. The molecule has 0 aliphatic carbocycles. The van der Waals surface area contributed by atoms with Crippen LogP contribution < -0.4 is 15.6 Å². The first-order valence-electron chi connectivity index (χ1n) is 8.68. The number of benzene rings is 2. The van der Waals surface area contributed by atoms with Gasteiger partial charge in [0.05, 0.1) is 23.1 Å². The molecule has 28 heavy (non-hydrogen) atoms. The van der Waals surface area contributed by atoms with Crippen molar-refractivity contribution in [2.75, 3.05) is 6.61 Å². The molecule has 2 N–H and O–H groups in total. The summed E-state index contributed by atoms with van der Waals surface area (Å²) in [5.74, 6) is -0.345. The molecule has 2 amide bonds. The molecule has 0 spiro atoms. The fraction of sp³-hybridized carbons (Fsp3) is 0.150. The van der Waals surface area contributed by atoms with Gasteiger partial charge in [-0.05, 0) is 42.8 Å². The van der Waals surface area contributed by atoms with E-state index < -0.39 is 11.8 Å². The predicted molar refractivity (Wildman–Crippen MR) is 108 cm³/mol. The van der Waals surface area contributed by atoms with Gasteiger partial charge in [-0.3, -0.25) is 20.4 Å². The Morgan fingerprint density at radius 3 is 2.46 bits per heavy atom. The first kappa shape index (κ1) is 19.6. The average molecular weight is 443 g/mol. The molecule has 0 aliphatic rings. The highest BCUT2D eigenvalue weighted by Crippen LogP contribution is 2.16. The van der Waals surface area contributed by atoms with Crippen molar-refractivity contribution >= 4 is 27.7 Å². The van der Waals surface area contributed by atoms with Crippen LogP contribution >= 0.6 is 15.9 Å². The van der Waals surface area contributed by atoms with E-state index in [9.17, 15) is 9.59 Å². The van der Waals surface area contributed by atoms with E-state index >= 15 is 0 Å². The van der Waals surface area contributed by atoms with E-state index in [1.54, 1.807) is 16.8 Å². The Morgan fingerprint density at radius 1 is 1.07 bits per heavy atom. The van der Waals surface area contributed by atoms with Gasteiger partial charge in [0.25, 0.3) is 11.8 Å². The van der Waals surface area contributed by atoms with Gasteiger partial charge in [-0.25, -0.2) is 4.68 Å². The maximum absolute atomic E-state index is 12.5. The highest BCUT2D eigenvalue weighted by molar-refractivity contribution is 9.10. The van der Waals surface area contributed by atoms with Gasteiger partial charge in [0, 0.05) is 4.47 Å². The van der Waals surface area contributed by atoms with Crippen molar-refractivity contribution in [3.63, 3.8) is 0 Å². The highest BCUT2D eigenvalue weighted by atomic mass is 79.9. The number of carbonyl (C=O) groups excluding carboxylic acids is 2. The molecule has 0 radical (unpaired) electrons. The third-order valence-corrected chi connectivity index (χ3v) is 4.48. The molecule has 2 aromatic carbocycles. The molecule has 144 valence electrons. The molecule has 0 aliphatic heterocycles. The third-order valence-electron chi connectivity index (χ3n) is 3.95. The van der Waals surface area contributed by atoms with Crippen molar-refractivity contribution in [3.05, 3.63) is 76.5 Å². The Labute approximate surface area is 170 Å². The second-order valence-corrected chi connectivity index (χ2v) is 6.77. The Bertz CT molecular complexity index is 955. The number of ether oxygens (including phenoxy) is 1. The largest absolute Gasteiger partial charge is 0.484 e. The minimum absolute atomic E-state index is 0.216. The van der Waals surface area contributed by atoms with Crippen molar-refractivity contribution in [2.45, 2.75) is 13.3 Å². The van der Waals surface area contributed by atoms with Crippen LogP contribution in [0.4, 0.5) is 0 Å². The van der Waals surface area contributed by atoms with Gasteiger partial charge in [-0.1, -0.05) is 41.1 Å². The van der Waals surface area contributed by atoms with Crippen molar-refractivity contribution in [1.82, 2.24) is 20.6 Å². The topological polar surface area (TPSA) is 85.2 Å². The number of hydrogen-bond donors (Lipinski definition) is 2. The Balaban J connectivity index is 1.58. The third kappa shape index (κ3) is 4.77. The van der Waals surface area contributed by atoms with E-state index in [-0.39, 0.29) is 6.61 Å². The molecule has 0 saturated carbocycles. The number of halogens is 1. The lowest BCUT2D eigenvalue weighted by Crippen LogP contribution is -2.44. The molecule has 0 saturated heterocycles. The summed E-state index contributed by atoms with van der Waals surface area (Å²) in [5.41, 5.74) is 6.78. The zero-order valence-electron chi connectivity index (χ0n) is 15.2. The summed E-state index contributed by atoms with van der Waals surface area (Å²) in [7, 11) is 0. The fourth-order valence-corrected chi connectivity index (χ4v) is 2.87. The molecule has 0 bridgehead atoms. The summed E-state index contributed by atoms with van der Waals surface area (Å²) >= 11 is 3.33. The van der Waals surface area contributed by atoms with Crippen molar-refractivity contribution < 1.29 is 14.3 Å². The van der Waals surface area contributed by atoms with E-state index in [2.05, 4.69) is 31.9 Å². The minimum Gasteiger partial charge on any atom is -0.484 e. The first-order chi connectivity index (χ1) is 13.6. The van der Waals surface area contributed by atoms with Gasteiger partial charge >= 0.3 is 0 Å². The van der Waals surface area contributed by atoms with Crippen molar-refractivity contribution in [1.29, 1.82) is 0 Å². The minimum atomic E-state index is -0.468. The van der Waals surface area contributed by atoms with E-state index in [0.717, 1.165) is 15.9 Å². The molecule has 8 heteroatoms. The van der Waals surface area contributed by atoms with Crippen molar-refractivity contribution in [2.24, 2.45) is 0 Å². The number of nitrogens with zero attached hydrogens (tertiary/aromatic N) is 2. The van der Waals surface area contributed by atoms with Crippen LogP contribution in [0, 0.1) is 0 Å². The SMILES string of the molecule is CCc1c(C(=O)NNC(=O)COc2ccc(Br)cc2)cnn1-c1ccccc1. The molecule has 0 fully saturated rings. The number of amides is 2. The average Bonchev–Trinajstić information content (AvgIpc) is 3.16. The van der Waals surface area contributed by atoms with E-state index in [1.165, 1.54) is 6.20 Å². The van der Waals surface area contributed by atoms with Gasteiger partial charge in [-0.2, -0.15) is 5.10 Å². The maximum atomic E-state index is 12.5. The number of nitrogens with one attached hydrogen (secondary N) is 2. The summed E-state index contributed by atoms with van der Waals surface area (Å²) in [4.78, 5) is 24.4. The number of hydrogen-bond acceptors (Lipinski definition) is 4. The molecule has 0 unspecified atom stereocenters. The summed E-state index contributed by atoms with van der Waals surface area (Å²) in [5, 5.41) is 4.30. The number of aromatic nitrogens is 2. The first-order valence-corrected chi connectivity index (χ1v) is 9.47. The van der Waals surface area contributed by atoms with Gasteiger partial charge < -0.3 is 4.74 Å². The zero-order valence-corrected chi connectivity index (χ0v) is 16.8. The van der Waals surface area contributed by atoms with Crippen LogP contribution in [-0.4, -0.2) is 28.2 Å². The second kappa shape index (κ2) is 9.18. The van der Waals surface area contributed by atoms with Crippen LogP contribution in [0.25, 0.3) is 5.69 Å². The van der Waals surface area contributed by atoms with Crippen LogP contribution in [-0.2, 0) is 11.2 Å². The standard InChI is InChI=1S/C20H19BrN4O3/c1-2-18-17(12-22-25(18)15-6-4-3-5-7-15)20(27)24-23-19(26)13-28-16-10-8-14(21)9-11-16/h3-12H,2,13H2,1H3,(H,23,26)(H,24,27). The normalized spacial score (nSPS) is 10.4. The monoisotopic (exact) mass is 442 g/mol. The molecular weight excluding hydrogens is 424 g/mol. The fourth-order valence-electron chi connectivity index (χ4n) is 2.60. The van der Waals surface area contributed by atoms with Gasteiger partial charge in [-0.15, -0.1) is 0 Å². The van der Waals surface area contributed by atoms with Gasteiger partial charge in [0.2, 0.25) is 0 Å². The van der Waals surface area contributed by atoms with Crippen LogP contribution in [0.2, 0.25) is 0 Å². The molecule has 7 nitrogen and oxygen atoms in total. The number of para-hydroxylation sites is 1. The second-order valence-electron chi connectivity index (χ2n) is 5.85. The summed E-state index contributed by atoms with van der Waals surface area (Å²) in [6.07, 6.45) is 2.10. The lowest BCUT2D eigenvalue weighted by atomic mass is 10.2. The lowest BCUT2D eigenvalue weighted by Gasteiger charge is -2.10. The molecular formula is C20H19BrN4O3. The van der Waals surface area contributed by atoms with Crippen molar-refractivity contribution in [3.8, 4) is 11.4 Å². The number of carbonyl (C=O) groups is 2. The van der Waals surface area contributed by atoms with Crippen LogP contribution in [0.5, 0.6) is 5.75 Å². The van der Waals surface area contributed by atoms with Gasteiger partial charge in [0.15, 0.2) is 6.61 Å². The zero-order chi connectivity index (χ0) is 19.9. The highest BCUT2D eigenvalue weighted by Gasteiger charge is 2.17. The summed E-state index contributed by atoms with van der Waals surface area (Å²) in [6, 6.07) is 16.6. The smallest absolute Gasteiger partial charge is 0.276 e. The quantitative estimate of drug-likeness (QED) is 0.574. The molecule has 1 aromatic heterocycles. The Morgan fingerprint density at radius 2 is 1.79 bits per heavy atom. The molecule has 3 rings (SSSR count). The molecule has 3 aromatic rings. The van der Waals surface area contributed by atoms with Crippen LogP contribution in [0.15, 0.2) is 65.3 Å². The maximum Gasteiger partial charge on any atom is 0.276 e. The molecule has 1 heterocycles. The molecule has 0 atom stereocenters. The number of rotatable bonds is 6.